The average molecular weight is 551 g/mol. The molecule has 1 aromatic carbocycles. The van der Waals surface area contributed by atoms with E-state index < -0.39 is 27.0 Å². The molecule has 1 aliphatic carbocycles. The van der Waals surface area contributed by atoms with E-state index in [1.807, 2.05) is 0 Å². The predicted molar refractivity (Wildman–Crippen MR) is 127 cm³/mol. The minimum absolute atomic E-state index is 0.0412. The molecule has 0 saturated heterocycles. The second-order valence-corrected chi connectivity index (χ2v) is 11.4. The van der Waals surface area contributed by atoms with Crippen molar-refractivity contribution < 1.29 is 21.9 Å². The van der Waals surface area contributed by atoms with Crippen LogP contribution in [0.25, 0.3) is 16.3 Å². The topological polar surface area (TPSA) is 113 Å². The normalized spacial score (nSPS) is 14.9. The molecule has 1 aliphatic rings. The zero-order valence-corrected chi connectivity index (χ0v) is 21.0. The Morgan fingerprint density at radius 1 is 1.31 bits per heavy atom. The Morgan fingerprint density at radius 2 is 2.03 bits per heavy atom. The van der Waals surface area contributed by atoms with E-state index in [2.05, 4.69) is 21.3 Å². The Hall–Kier alpha value is -3.18. The maximum Gasteiger partial charge on any atom is 0.291 e. The molecule has 3 aromatic heterocycles. The molecule has 3 heterocycles. The Bertz CT molecular complexity index is 1590. The van der Waals surface area contributed by atoms with Crippen LogP contribution < -0.4 is 4.74 Å². The monoisotopic (exact) mass is 550 g/mol. The number of hydrogen-bond donors (Lipinski definition) is 0. The molecule has 0 bridgehead atoms. The van der Waals surface area contributed by atoms with Crippen LogP contribution >= 0.6 is 22.9 Å². The summed E-state index contributed by atoms with van der Waals surface area (Å²) in [5.41, 5.74) is -0.143. The van der Waals surface area contributed by atoms with Crippen molar-refractivity contribution in [3.05, 3.63) is 58.3 Å². The lowest BCUT2D eigenvalue weighted by Gasteiger charge is -2.27. The number of benzene rings is 1. The molecule has 36 heavy (non-hydrogen) atoms. The lowest BCUT2D eigenvalue weighted by Crippen LogP contribution is -2.40. The first-order chi connectivity index (χ1) is 17.2. The second-order valence-electron chi connectivity index (χ2n) is 8.11. The van der Waals surface area contributed by atoms with E-state index in [1.54, 1.807) is 24.3 Å². The summed E-state index contributed by atoms with van der Waals surface area (Å²) in [6.45, 7) is -0.0412. The van der Waals surface area contributed by atoms with Gasteiger partial charge in [0.05, 0.1) is 29.9 Å². The Morgan fingerprint density at radius 3 is 2.61 bits per heavy atom. The van der Waals surface area contributed by atoms with Crippen molar-refractivity contribution in [2.45, 2.75) is 36.2 Å². The number of methoxy groups -OCH3 is 1. The SMILES string of the molecule is COc1ccc(CN(C2(C#N)CC2)S(=O)(=O)c2cc(Cl)c3cnc(-c4nnc(C(F)F)s4)n3c2)cc1. The highest BCUT2D eigenvalue weighted by Gasteiger charge is 2.54. The Kier molecular flexibility index (Phi) is 6.16. The van der Waals surface area contributed by atoms with Gasteiger partial charge in [-0.3, -0.25) is 4.40 Å². The average Bonchev–Trinajstić information content (AvgIpc) is 3.27. The van der Waals surface area contributed by atoms with E-state index >= 15 is 0 Å². The fraction of sp³-hybridized carbons (Fsp3) is 0.273. The summed E-state index contributed by atoms with van der Waals surface area (Å²) >= 11 is 7.06. The second kappa shape index (κ2) is 9.04. The third kappa shape index (κ3) is 4.20. The van der Waals surface area contributed by atoms with Crippen LogP contribution in [0, 0.1) is 11.3 Å². The molecule has 14 heteroatoms. The summed E-state index contributed by atoms with van der Waals surface area (Å²) in [4.78, 5) is 4.02. The fourth-order valence-corrected chi connectivity index (χ4v) is 6.55. The zero-order chi connectivity index (χ0) is 25.7. The highest BCUT2D eigenvalue weighted by molar-refractivity contribution is 7.89. The number of halogens is 3. The number of rotatable bonds is 8. The van der Waals surface area contributed by atoms with E-state index in [4.69, 9.17) is 16.3 Å². The molecule has 4 aromatic rings. The maximum absolute atomic E-state index is 13.9. The van der Waals surface area contributed by atoms with Crippen molar-refractivity contribution in [2.24, 2.45) is 0 Å². The van der Waals surface area contributed by atoms with Crippen molar-refractivity contribution in [3.8, 4) is 22.7 Å². The third-order valence-electron chi connectivity index (χ3n) is 5.87. The van der Waals surface area contributed by atoms with Gasteiger partial charge in [0.1, 0.15) is 16.2 Å². The number of aromatic nitrogens is 4. The number of pyridine rings is 1. The van der Waals surface area contributed by atoms with Gasteiger partial charge in [-0.1, -0.05) is 35.1 Å². The highest BCUT2D eigenvalue weighted by Crippen LogP contribution is 2.45. The van der Waals surface area contributed by atoms with Crippen LogP contribution in [0.3, 0.4) is 0 Å². The van der Waals surface area contributed by atoms with E-state index in [-0.39, 0.29) is 27.3 Å². The van der Waals surface area contributed by atoms with Gasteiger partial charge in [0.25, 0.3) is 6.43 Å². The van der Waals surface area contributed by atoms with E-state index in [0.717, 1.165) is 0 Å². The van der Waals surface area contributed by atoms with Crippen molar-refractivity contribution in [1.29, 1.82) is 5.26 Å². The van der Waals surface area contributed by atoms with Gasteiger partial charge in [-0.2, -0.15) is 9.57 Å². The molecule has 0 spiro atoms. The molecule has 0 unspecified atom stereocenters. The molecule has 0 aliphatic heterocycles. The van der Waals surface area contributed by atoms with Crippen molar-refractivity contribution >= 4 is 38.5 Å². The van der Waals surface area contributed by atoms with Crippen molar-refractivity contribution in [1.82, 2.24) is 23.9 Å². The smallest absolute Gasteiger partial charge is 0.291 e. The van der Waals surface area contributed by atoms with Gasteiger partial charge >= 0.3 is 0 Å². The highest BCUT2D eigenvalue weighted by atomic mass is 35.5. The zero-order valence-electron chi connectivity index (χ0n) is 18.6. The quantitative estimate of drug-likeness (QED) is 0.312. The van der Waals surface area contributed by atoms with E-state index in [0.29, 0.717) is 41.0 Å². The van der Waals surface area contributed by atoms with Gasteiger partial charge in [0, 0.05) is 12.7 Å². The molecular weight excluding hydrogens is 534 g/mol. The third-order valence-corrected chi connectivity index (χ3v) is 8.97. The van der Waals surface area contributed by atoms with Gasteiger partial charge in [0.15, 0.2) is 15.8 Å². The van der Waals surface area contributed by atoms with Gasteiger partial charge < -0.3 is 4.74 Å². The first-order valence-electron chi connectivity index (χ1n) is 10.5. The summed E-state index contributed by atoms with van der Waals surface area (Å²) < 4.78 is 61.6. The number of nitrogens with zero attached hydrogens (tertiary/aromatic N) is 6. The van der Waals surface area contributed by atoms with Crippen LogP contribution in [-0.2, 0) is 16.6 Å². The molecule has 0 radical (unpaired) electrons. The Labute approximate surface area is 213 Å². The molecule has 0 N–H and O–H groups in total. The molecule has 9 nitrogen and oxygen atoms in total. The summed E-state index contributed by atoms with van der Waals surface area (Å²) in [5, 5.41) is 16.8. The molecule has 5 rings (SSSR count). The largest absolute Gasteiger partial charge is 0.497 e. The lowest BCUT2D eigenvalue weighted by molar-refractivity contribution is 0.150. The predicted octanol–water partition coefficient (Wildman–Crippen LogP) is 4.70. The van der Waals surface area contributed by atoms with Gasteiger partial charge in [-0.25, -0.2) is 22.2 Å². The van der Waals surface area contributed by atoms with Crippen LogP contribution in [0.2, 0.25) is 5.02 Å². The number of nitriles is 1. The number of sulfonamides is 1. The number of alkyl halides is 2. The lowest BCUT2D eigenvalue weighted by atomic mass is 10.2. The van der Waals surface area contributed by atoms with Crippen LogP contribution in [0.15, 0.2) is 47.6 Å². The molecule has 0 atom stereocenters. The van der Waals surface area contributed by atoms with Crippen LogP contribution in [0.4, 0.5) is 8.78 Å². The first kappa shape index (κ1) is 24.5. The summed E-state index contributed by atoms with van der Waals surface area (Å²) in [5.74, 6) is 0.739. The standard InChI is InChI=1S/C22H17ClF2N6O3S2/c1-34-14-4-2-13(3-5-14)10-31(22(12-26)6-7-22)36(32,33)15-8-16(23)17-9-27-19(30(17)11-15)21-29-28-20(35-21)18(24)25/h2-5,8-9,11,18H,6-7,10H2,1H3. The number of imidazole rings is 1. The first-order valence-corrected chi connectivity index (χ1v) is 13.2. The molecule has 1 saturated carbocycles. The summed E-state index contributed by atoms with van der Waals surface area (Å²) in [6.07, 6.45) is 0.689. The fourth-order valence-electron chi connectivity index (χ4n) is 3.77. The number of fused-ring (bicyclic) bond motifs is 1. The minimum atomic E-state index is -4.23. The van der Waals surface area contributed by atoms with Gasteiger partial charge in [-0.15, -0.1) is 10.2 Å². The van der Waals surface area contributed by atoms with E-state index in [9.17, 15) is 22.5 Å². The Balaban J connectivity index is 1.59. The molecule has 186 valence electrons. The molecular formula is C22H17ClF2N6O3S2. The number of hydrogen-bond acceptors (Lipinski definition) is 8. The van der Waals surface area contributed by atoms with Crippen LogP contribution in [0.1, 0.15) is 29.8 Å². The number of ether oxygens (including phenoxy) is 1. The van der Waals surface area contributed by atoms with Crippen LogP contribution in [0.5, 0.6) is 5.75 Å². The van der Waals surface area contributed by atoms with E-state index in [1.165, 1.54) is 34.3 Å². The molecule has 1 fully saturated rings. The summed E-state index contributed by atoms with van der Waals surface area (Å²) in [7, 11) is -2.70. The summed E-state index contributed by atoms with van der Waals surface area (Å²) in [6, 6.07) is 10.3. The minimum Gasteiger partial charge on any atom is -0.497 e. The van der Waals surface area contributed by atoms with Crippen LogP contribution in [-0.4, -0.2) is 45.0 Å². The molecule has 0 amide bonds. The van der Waals surface area contributed by atoms with Crippen molar-refractivity contribution in [2.75, 3.05) is 7.11 Å². The maximum atomic E-state index is 13.9. The van der Waals surface area contributed by atoms with Gasteiger partial charge in [-0.05, 0) is 36.6 Å². The van der Waals surface area contributed by atoms with Gasteiger partial charge in [0.2, 0.25) is 10.0 Å². The van der Waals surface area contributed by atoms with Crippen molar-refractivity contribution in [3.63, 3.8) is 0 Å².